The van der Waals surface area contributed by atoms with Crippen molar-refractivity contribution in [2.75, 3.05) is 13.7 Å². The first-order valence-electron chi connectivity index (χ1n) is 11.0. The van der Waals surface area contributed by atoms with E-state index >= 15 is 0 Å². The van der Waals surface area contributed by atoms with Crippen molar-refractivity contribution in [3.05, 3.63) is 106 Å². The van der Waals surface area contributed by atoms with Crippen LogP contribution in [0.25, 0.3) is 11.8 Å². The molecule has 0 saturated carbocycles. The lowest BCUT2D eigenvalue weighted by Gasteiger charge is -2.17. The zero-order valence-electron chi connectivity index (χ0n) is 19.5. The quantitative estimate of drug-likeness (QED) is 0.400. The average molecular weight is 441 g/mol. The zero-order valence-corrected chi connectivity index (χ0v) is 19.5. The summed E-state index contributed by atoms with van der Waals surface area (Å²) >= 11 is 0. The molecule has 1 aliphatic rings. The van der Waals surface area contributed by atoms with E-state index < -0.39 is 5.97 Å². The first-order valence-corrected chi connectivity index (χ1v) is 11.0. The lowest BCUT2D eigenvalue weighted by atomic mass is 10.0. The van der Waals surface area contributed by atoms with Gasteiger partial charge in [0.25, 0.3) is 5.91 Å². The summed E-state index contributed by atoms with van der Waals surface area (Å²) in [5, 5.41) is 0. The maximum atomic E-state index is 13.4. The molecule has 0 aliphatic carbocycles. The minimum Gasteiger partial charge on any atom is -0.465 e. The number of benzene rings is 2. The molecule has 0 bridgehead atoms. The smallest absolute Gasteiger partial charge is 0.340 e. The SMILES string of the molecule is COC(=O)C1=C(C)N(CCc2ccccc2)C(=O)/C1=C/c1cc(C)n(-c2ccccc2)c1C. The zero-order chi connectivity index (χ0) is 23.5. The number of hydrogen-bond donors (Lipinski definition) is 0. The van der Waals surface area contributed by atoms with Gasteiger partial charge in [-0.15, -0.1) is 0 Å². The van der Waals surface area contributed by atoms with Gasteiger partial charge in [-0.2, -0.15) is 0 Å². The van der Waals surface area contributed by atoms with E-state index in [4.69, 9.17) is 4.74 Å². The second-order valence-electron chi connectivity index (χ2n) is 8.20. The highest BCUT2D eigenvalue weighted by Gasteiger charge is 2.37. The highest BCUT2D eigenvalue weighted by Crippen LogP contribution is 2.33. The Morgan fingerprint density at radius 3 is 2.24 bits per heavy atom. The highest BCUT2D eigenvalue weighted by atomic mass is 16.5. The summed E-state index contributed by atoms with van der Waals surface area (Å²) in [5.41, 5.74) is 6.49. The van der Waals surface area contributed by atoms with Crippen LogP contribution in [0, 0.1) is 13.8 Å². The fourth-order valence-corrected chi connectivity index (χ4v) is 4.45. The van der Waals surface area contributed by atoms with Crippen LogP contribution in [0.1, 0.15) is 29.4 Å². The molecule has 0 unspecified atom stereocenters. The van der Waals surface area contributed by atoms with E-state index in [9.17, 15) is 9.59 Å². The molecule has 2 aromatic carbocycles. The number of rotatable bonds is 6. The number of esters is 1. The number of methoxy groups -OCH3 is 1. The van der Waals surface area contributed by atoms with Gasteiger partial charge in [0.15, 0.2) is 0 Å². The molecule has 3 aromatic rings. The Kier molecular flexibility index (Phi) is 6.31. The lowest BCUT2D eigenvalue weighted by Crippen LogP contribution is -2.27. The van der Waals surface area contributed by atoms with E-state index in [0.717, 1.165) is 28.2 Å². The maximum absolute atomic E-state index is 13.4. The molecule has 0 atom stereocenters. The van der Waals surface area contributed by atoms with Crippen molar-refractivity contribution in [2.45, 2.75) is 27.2 Å². The summed E-state index contributed by atoms with van der Waals surface area (Å²) in [6.45, 7) is 6.36. The number of aromatic nitrogens is 1. The Bertz CT molecular complexity index is 1250. The van der Waals surface area contributed by atoms with E-state index in [0.29, 0.717) is 29.8 Å². The number of hydrogen-bond acceptors (Lipinski definition) is 3. The van der Waals surface area contributed by atoms with Gasteiger partial charge < -0.3 is 14.2 Å². The predicted molar refractivity (Wildman–Crippen MR) is 130 cm³/mol. The molecule has 2 heterocycles. The van der Waals surface area contributed by atoms with Crippen molar-refractivity contribution < 1.29 is 14.3 Å². The van der Waals surface area contributed by atoms with Gasteiger partial charge in [-0.3, -0.25) is 4.79 Å². The Hall–Kier alpha value is -3.86. The molecule has 5 heteroatoms. The van der Waals surface area contributed by atoms with E-state index in [1.165, 1.54) is 7.11 Å². The van der Waals surface area contributed by atoms with Crippen molar-refractivity contribution in [1.82, 2.24) is 9.47 Å². The second-order valence-corrected chi connectivity index (χ2v) is 8.20. The van der Waals surface area contributed by atoms with Gasteiger partial charge in [0.05, 0.1) is 18.3 Å². The molecule has 0 spiro atoms. The van der Waals surface area contributed by atoms with Crippen LogP contribution in [0.15, 0.2) is 83.6 Å². The Balaban J connectivity index is 1.72. The molecule has 4 rings (SSSR count). The van der Waals surface area contributed by atoms with Gasteiger partial charge in [0.2, 0.25) is 0 Å². The predicted octanol–water partition coefficient (Wildman–Crippen LogP) is 5.01. The van der Waals surface area contributed by atoms with Gasteiger partial charge in [0.1, 0.15) is 0 Å². The van der Waals surface area contributed by atoms with Gasteiger partial charge in [-0.05, 0) is 62.6 Å². The van der Waals surface area contributed by atoms with Crippen molar-refractivity contribution in [2.24, 2.45) is 0 Å². The van der Waals surface area contributed by atoms with Crippen LogP contribution in [0.3, 0.4) is 0 Å². The van der Waals surface area contributed by atoms with Gasteiger partial charge in [-0.1, -0.05) is 48.5 Å². The molecule has 1 aliphatic heterocycles. The first kappa shape index (κ1) is 22.3. The Morgan fingerprint density at radius 1 is 0.970 bits per heavy atom. The fraction of sp³-hybridized carbons (Fsp3) is 0.214. The largest absolute Gasteiger partial charge is 0.465 e. The summed E-state index contributed by atoms with van der Waals surface area (Å²) in [5.74, 6) is -0.667. The molecule has 1 aromatic heterocycles. The number of aryl methyl sites for hydroxylation is 1. The number of nitrogens with zero attached hydrogens (tertiary/aromatic N) is 2. The lowest BCUT2D eigenvalue weighted by molar-refractivity contribution is -0.136. The minimum absolute atomic E-state index is 0.173. The van der Waals surface area contributed by atoms with E-state index in [-0.39, 0.29) is 5.91 Å². The average Bonchev–Trinajstić information content (AvgIpc) is 3.24. The molecule has 0 saturated heterocycles. The summed E-state index contributed by atoms with van der Waals surface area (Å²) in [4.78, 5) is 27.8. The summed E-state index contributed by atoms with van der Waals surface area (Å²) in [7, 11) is 1.35. The highest BCUT2D eigenvalue weighted by molar-refractivity contribution is 6.16. The Labute approximate surface area is 194 Å². The molecular weight excluding hydrogens is 412 g/mol. The van der Waals surface area contributed by atoms with Crippen molar-refractivity contribution in [3.8, 4) is 5.69 Å². The van der Waals surface area contributed by atoms with Crippen LogP contribution in [0.4, 0.5) is 0 Å². The number of carbonyl (C=O) groups excluding carboxylic acids is 2. The van der Waals surface area contributed by atoms with Crippen molar-refractivity contribution >= 4 is 18.0 Å². The molecule has 0 fully saturated rings. The van der Waals surface area contributed by atoms with Gasteiger partial charge in [0, 0.05) is 29.3 Å². The van der Waals surface area contributed by atoms with Crippen LogP contribution in [0.5, 0.6) is 0 Å². The number of ether oxygens (including phenoxy) is 1. The summed E-state index contributed by atoms with van der Waals surface area (Å²) in [6.07, 6.45) is 2.52. The van der Waals surface area contributed by atoms with Crippen molar-refractivity contribution in [3.63, 3.8) is 0 Å². The fourth-order valence-electron chi connectivity index (χ4n) is 4.45. The molecule has 168 valence electrons. The number of para-hydroxylation sites is 1. The summed E-state index contributed by atoms with van der Waals surface area (Å²) in [6, 6.07) is 22.1. The van der Waals surface area contributed by atoms with E-state index in [2.05, 4.69) is 4.57 Å². The Morgan fingerprint density at radius 2 is 1.61 bits per heavy atom. The van der Waals surface area contributed by atoms with E-state index in [1.807, 2.05) is 93.6 Å². The summed E-state index contributed by atoms with van der Waals surface area (Å²) < 4.78 is 7.18. The van der Waals surface area contributed by atoms with Crippen LogP contribution < -0.4 is 0 Å². The van der Waals surface area contributed by atoms with Gasteiger partial charge in [-0.25, -0.2) is 4.79 Å². The molecule has 0 N–H and O–H groups in total. The molecule has 33 heavy (non-hydrogen) atoms. The van der Waals surface area contributed by atoms with Crippen LogP contribution in [-0.4, -0.2) is 35.0 Å². The van der Waals surface area contributed by atoms with Crippen LogP contribution in [-0.2, 0) is 20.7 Å². The normalized spacial score (nSPS) is 15.0. The molecular formula is C28H28N2O3. The van der Waals surface area contributed by atoms with Crippen molar-refractivity contribution in [1.29, 1.82) is 0 Å². The third-order valence-corrected chi connectivity index (χ3v) is 6.15. The number of amides is 1. The number of carbonyl (C=O) groups is 2. The minimum atomic E-state index is -0.494. The van der Waals surface area contributed by atoms with Gasteiger partial charge >= 0.3 is 5.97 Å². The standard InChI is InChI=1S/C28H28N2O3/c1-19-17-23(20(2)30(19)24-13-9-6-10-14-24)18-25-26(28(32)33-4)21(3)29(27(25)31)16-15-22-11-7-5-8-12-22/h5-14,17-18H,15-16H2,1-4H3/b25-18+. The van der Waals surface area contributed by atoms with Crippen LogP contribution >= 0.6 is 0 Å². The maximum Gasteiger partial charge on any atom is 0.340 e. The molecule has 1 amide bonds. The van der Waals surface area contributed by atoms with E-state index in [1.54, 1.807) is 4.90 Å². The number of allylic oxidation sites excluding steroid dienone is 1. The molecule has 0 radical (unpaired) electrons. The second kappa shape index (κ2) is 9.33. The topological polar surface area (TPSA) is 51.5 Å². The third-order valence-electron chi connectivity index (χ3n) is 6.15. The molecule has 5 nitrogen and oxygen atoms in total. The third kappa shape index (κ3) is 4.27. The first-order chi connectivity index (χ1) is 15.9. The van der Waals surface area contributed by atoms with Crippen LogP contribution in [0.2, 0.25) is 0 Å². The monoisotopic (exact) mass is 440 g/mol.